The average Bonchev–Trinajstić information content (AvgIpc) is 2.57. The van der Waals surface area contributed by atoms with Crippen LogP contribution >= 0.6 is 27.3 Å². The van der Waals surface area contributed by atoms with Crippen LogP contribution in [0.25, 0.3) is 0 Å². The number of aryl methyl sites for hydroxylation is 1. The summed E-state index contributed by atoms with van der Waals surface area (Å²) in [5.41, 5.74) is 0. The van der Waals surface area contributed by atoms with E-state index in [1.807, 2.05) is 6.07 Å². The van der Waals surface area contributed by atoms with E-state index >= 15 is 0 Å². The Balaban J connectivity index is 3.12. The molecule has 0 radical (unpaired) electrons. The molecule has 0 bridgehead atoms. The van der Waals surface area contributed by atoms with Crippen LogP contribution in [-0.4, -0.2) is 25.8 Å². The molecule has 0 aromatic carbocycles. The van der Waals surface area contributed by atoms with E-state index in [2.05, 4.69) is 15.9 Å². The summed E-state index contributed by atoms with van der Waals surface area (Å²) in [7, 11) is -2.01. The molecule has 1 unspecified atom stereocenters. The average molecular weight is 337 g/mol. The molecule has 1 atom stereocenters. The maximum atomic E-state index is 12.3. The summed E-state index contributed by atoms with van der Waals surface area (Å²) >= 11 is 4.66. The Kier molecular flexibility index (Phi) is 4.72. The number of nitriles is 1. The first-order valence-electron chi connectivity index (χ1n) is 4.91. The first kappa shape index (κ1) is 14.6. The third-order valence-electron chi connectivity index (χ3n) is 2.51. The van der Waals surface area contributed by atoms with Gasteiger partial charge in [0, 0.05) is 18.0 Å². The quantitative estimate of drug-likeness (QED) is 0.849. The molecule has 0 aliphatic heterocycles. The Morgan fingerprint density at radius 1 is 1.65 bits per heavy atom. The van der Waals surface area contributed by atoms with Gasteiger partial charge in [0.1, 0.15) is 0 Å². The van der Waals surface area contributed by atoms with Crippen LogP contribution in [0.3, 0.4) is 0 Å². The lowest BCUT2D eigenvalue weighted by atomic mass is 10.3. The topological polar surface area (TPSA) is 61.2 Å². The highest BCUT2D eigenvalue weighted by molar-refractivity contribution is 9.11. The zero-order chi connectivity index (χ0) is 13.2. The number of thiophene rings is 1. The maximum absolute atomic E-state index is 12.3. The molecule has 0 aliphatic carbocycles. The van der Waals surface area contributed by atoms with E-state index in [1.165, 1.54) is 22.7 Å². The summed E-state index contributed by atoms with van der Waals surface area (Å²) in [6.07, 6.45) is 0.181. The van der Waals surface area contributed by atoms with Crippen LogP contribution in [0.2, 0.25) is 0 Å². The highest BCUT2D eigenvalue weighted by atomic mass is 79.9. The molecule has 94 valence electrons. The number of nitrogens with zero attached hydrogens (tertiary/aromatic N) is 2. The molecule has 0 spiro atoms. The molecule has 1 heterocycles. The van der Waals surface area contributed by atoms with Crippen molar-refractivity contribution in [1.29, 1.82) is 5.26 Å². The third-order valence-corrected chi connectivity index (χ3v) is 6.29. The molecule has 0 saturated heterocycles. The normalized spacial score (nSPS) is 13.6. The fourth-order valence-electron chi connectivity index (χ4n) is 1.34. The van der Waals surface area contributed by atoms with E-state index in [4.69, 9.17) is 5.26 Å². The second-order valence-corrected chi connectivity index (χ2v) is 8.30. The van der Waals surface area contributed by atoms with E-state index in [-0.39, 0.29) is 12.5 Å². The van der Waals surface area contributed by atoms with Gasteiger partial charge in [0.25, 0.3) is 0 Å². The number of halogens is 1. The molecule has 0 amide bonds. The summed E-state index contributed by atoms with van der Waals surface area (Å²) in [5.74, 6) is 0. The molecule has 0 saturated carbocycles. The minimum Gasteiger partial charge on any atom is -0.207 e. The number of rotatable bonds is 4. The zero-order valence-corrected chi connectivity index (χ0v) is 13.0. The zero-order valence-electron chi connectivity index (χ0n) is 9.77. The first-order chi connectivity index (χ1) is 7.80. The van der Waals surface area contributed by atoms with Gasteiger partial charge in [0.15, 0.2) is 0 Å². The van der Waals surface area contributed by atoms with E-state index in [1.54, 1.807) is 19.9 Å². The molecule has 1 aromatic rings. The summed E-state index contributed by atoms with van der Waals surface area (Å²) in [5, 5.41) is 8.60. The van der Waals surface area contributed by atoms with Gasteiger partial charge in [-0.3, -0.25) is 0 Å². The van der Waals surface area contributed by atoms with Gasteiger partial charge in [-0.15, -0.1) is 11.3 Å². The molecule has 17 heavy (non-hydrogen) atoms. The van der Waals surface area contributed by atoms with Crippen LogP contribution < -0.4 is 0 Å². The largest absolute Gasteiger partial charge is 0.244 e. The van der Waals surface area contributed by atoms with Crippen LogP contribution in [0.5, 0.6) is 0 Å². The standard InChI is InChI=1S/C10H13BrN2O2S2/c1-7(4-5-12)13(3)17(14,15)9-6-10(11)16-8(9)2/h6-7H,4H2,1-3H3. The van der Waals surface area contributed by atoms with Crippen molar-refractivity contribution in [3.05, 3.63) is 14.7 Å². The predicted octanol–water partition coefficient (Wildman–Crippen LogP) is 2.74. The van der Waals surface area contributed by atoms with E-state index in [0.29, 0.717) is 4.90 Å². The van der Waals surface area contributed by atoms with Crippen LogP contribution in [0, 0.1) is 18.3 Å². The van der Waals surface area contributed by atoms with Crippen LogP contribution in [0.4, 0.5) is 0 Å². The number of sulfonamides is 1. The van der Waals surface area contributed by atoms with E-state index < -0.39 is 10.0 Å². The number of hydrogen-bond acceptors (Lipinski definition) is 4. The van der Waals surface area contributed by atoms with Crippen molar-refractivity contribution in [3.63, 3.8) is 0 Å². The van der Waals surface area contributed by atoms with Gasteiger partial charge in [-0.2, -0.15) is 9.57 Å². The van der Waals surface area contributed by atoms with E-state index in [0.717, 1.165) is 8.66 Å². The first-order valence-corrected chi connectivity index (χ1v) is 7.96. The van der Waals surface area contributed by atoms with Crippen LogP contribution in [0.15, 0.2) is 14.7 Å². The van der Waals surface area contributed by atoms with Crippen LogP contribution in [-0.2, 0) is 10.0 Å². The minimum absolute atomic E-state index is 0.181. The summed E-state index contributed by atoms with van der Waals surface area (Å²) in [4.78, 5) is 1.05. The van der Waals surface area contributed by atoms with Crippen molar-refractivity contribution in [1.82, 2.24) is 4.31 Å². The van der Waals surface area contributed by atoms with E-state index in [9.17, 15) is 8.42 Å². The lowest BCUT2D eigenvalue weighted by Crippen LogP contribution is -2.34. The second-order valence-electron chi connectivity index (χ2n) is 3.70. The maximum Gasteiger partial charge on any atom is 0.244 e. The second kappa shape index (κ2) is 5.48. The SMILES string of the molecule is Cc1sc(Br)cc1S(=O)(=O)N(C)C(C)CC#N. The monoisotopic (exact) mass is 336 g/mol. The number of hydrogen-bond donors (Lipinski definition) is 0. The van der Waals surface area contributed by atoms with Crippen molar-refractivity contribution in [2.24, 2.45) is 0 Å². The van der Waals surface area contributed by atoms with Gasteiger partial charge in [-0.05, 0) is 35.8 Å². The van der Waals surface area contributed by atoms with Crippen LogP contribution in [0.1, 0.15) is 18.2 Å². The molecule has 1 rings (SSSR count). The van der Waals surface area contributed by atoms with Crippen molar-refractivity contribution in [2.75, 3.05) is 7.05 Å². The van der Waals surface area contributed by atoms with Crippen molar-refractivity contribution in [2.45, 2.75) is 31.2 Å². The molecule has 0 aliphatic rings. The molecule has 1 aromatic heterocycles. The lowest BCUT2D eigenvalue weighted by Gasteiger charge is -2.22. The fourth-order valence-corrected chi connectivity index (χ4v) is 5.08. The fraction of sp³-hybridized carbons (Fsp3) is 0.500. The molecule has 0 fully saturated rings. The highest BCUT2D eigenvalue weighted by Gasteiger charge is 2.27. The van der Waals surface area contributed by atoms with Gasteiger partial charge >= 0.3 is 0 Å². The summed E-state index contributed by atoms with van der Waals surface area (Å²) < 4.78 is 26.6. The molecular formula is C10H13BrN2O2S2. The van der Waals surface area contributed by atoms with Gasteiger partial charge < -0.3 is 0 Å². The predicted molar refractivity (Wildman–Crippen MR) is 71.4 cm³/mol. The van der Waals surface area contributed by atoms with Gasteiger partial charge in [-0.1, -0.05) is 0 Å². The minimum atomic E-state index is -3.51. The van der Waals surface area contributed by atoms with Gasteiger partial charge in [-0.25, -0.2) is 8.42 Å². The molecule has 7 heteroatoms. The highest BCUT2D eigenvalue weighted by Crippen LogP contribution is 2.31. The molecular weight excluding hydrogens is 324 g/mol. The summed E-state index contributed by atoms with van der Waals surface area (Å²) in [6, 6.07) is 3.25. The Morgan fingerprint density at radius 2 is 2.24 bits per heavy atom. The van der Waals surface area contributed by atoms with Crippen molar-refractivity contribution >= 4 is 37.3 Å². The molecule has 4 nitrogen and oxygen atoms in total. The Morgan fingerprint density at radius 3 is 2.65 bits per heavy atom. The van der Waals surface area contributed by atoms with Crippen molar-refractivity contribution in [3.8, 4) is 6.07 Å². The third kappa shape index (κ3) is 3.07. The van der Waals surface area contributed by atoms with Gasteiger partial charge in [0.05, 0.1) is 21.2 Å². The Labute approximate surface area is 114 Å². The Bertz CT molecular complexity index is 545. The van der Waals surface area contributed by atoms with Gasteiger partial charge in [0.2, 0.25) is 10.0 Å². The molecule has 0 N–H and O–H groups in total. The smallest absolute Gasteiger partial charge is 0.207 e. The van der Waals surface area contributed by atoms with Crippen molar-refractivity contribution < 1.29 is 8.42 Å². The lowest BCUT2D eigenvalue weighted by molar-refractivity contribution is 0.393. The summed E-state index contributed by atoms with van der Waals surface area (Å²) in [6.45, 7) is 3.49. The Hall–Kier alpha value is -0.420.